The fourth-order valence-electron chi connectivity index (χ4n) is 5.53. The van der Waals surface area contributed by atoms with Crippen molar-refractivity contribution in [1.29, 1.82) is 0 Å². The average Bonchev–Trinajstić information content (AvgIpc) is 3.08. The standard InChI is InChI=1S/C11H16ClSi.C9H11.2ClH.Hf/c1-13(2,12)11-8-7-9-5-3-4-6-10(9)11;1-2-5-9-7-3-6-8(9)4-1;;;/h3-6,8-11H,7H2,1-2H3;1-2,4-6,8-9H,3,7H2;2*1H;/q;;;;+2/p-2. The first-order chi connectivity index (χ1) is 11.0. The van der Waals surface area contributed by atoms with Gasteiger partial charge in [0.05, 0.1) is 0 Å². The molecule has 0 bridgehead atoms. The van der Waals surface area contributed by atoms with Crippen LogP contribution in [-0.4, -0.2) is 7.38 Å². The second-order valence-electron chi connectivity index (χ2n) is 8.30. The van der Waals surface area contributed by atoms with E-state index in [9.17, 15) is 0 Å². The zero-order valence-electron chi connectivity index (χ0n) is 14.9. The molecule has 7 atom stereocenters. The molecule has 25 heavy (non-hydrogen) atoms. The summed E-state index contributed by atoms with van der Waals surface area (Å²) in [5.41, 5.74) is 0.834. The molecule has 7 unspecified atom stereocenters. The molecule has 0 saturated heterocycles. The summed E-state index contributed by atoms with van der Waals surface area (Å²) in [6, 6.07) is 0. The molecule has 4 aliphatic rings. The molecule has 0 amide bonds. The Balaban J connectivity index is 0.00000113. The minimum atomic E-state index is -1.61. The molecule has 0 spiro atoms. The largest absolute Gasteiger partial charge is 1.00 e. The molecule has 0 N–H and O–H groups in total. The quantitative estimate of drug-likeness (QED) is 0.335. The van der Waals surface area contributed by atoms with Crippen molar-refractivity contribution in [3.8, 4) is 0 Å². The molecule has 4 aliphatic carbocycles. The van der Waals surface area contributed by atoms with Crippen LogP contribution in [0.2, 0.25) is 26.0 Å². The van der Waals surface area contributed by atoms with E-state index < -0.39 is 30.3 Å². The fourth-order valence-corrected chi connectivity index (χ4v) is 23.5. The van der Waals surface area contributed by atoms with Crippen LogP contribution in [0.15, 0.2) is 48.6 Å². The maximum absolute atomic E-state index is 7.06. The van der Waals surface area contributed by atoms with Crippen molar-refractivity contribution in [3.63, 3.8) is 0 Å². The summed E-state index contributed by atoms with van der Waals surface area (Å²) in [6.45, 7) is 4.82. The summed E-state index contributed by atoms with van der Waals surface area (Å²) in [6.07, 6.45) is 23.5. The van der Waals surface area contributed by atoms with Crippen molar-refractivity contribution >= 4 is 18.5 Å². The predicted octanol–water partition coefficient (Wildman–Crippen LogP) is 0.382. The zero-order chi connectivity index (χ0) is 16.0. The minimum absolute atomic E-state index is 0. The van der Waals surface area contributed by atoms with Crippen molar-refractivity contribution in [2.45, 2.75) is 45.2 Å². The van der Waals surface area contributed by atoms with Crippen LogP contribution in [0.3, 0.4) is 0 Å². The van der Waals surface area contributed by atoms with E-state index in [-0.39, 0.29) is 24.8 Å². The third kappa shape index (κ3) is 4.50. The SMILES string of the molecule is C[Si](C)(Cl)C1[CH]([Hf+2][CH]2CCC3C=CC=CC32)CC2C=CC=CC21.[Cl-].[Cl-]. The normalized spacial score (nSPS) is 40.7. The molecule has 2 fully saturated rings. The van der Waals surface area contributed by atoms with Gasteiger partial charge in [-0.15, -0.1) is 0 Å². The van der Waals surface area contributed by atoms with Gasteiger partial charge in [0.1, 0.15) is 0 Å². The molecule has 136 valence electrons. The summed E-state index contributed by atoms with van der Waals surface area (Å²) in [5.74, 6) is 3.31. The Kier molecular flexibility index (Phi) is 7.95. The van der Waals surface area contributed by atoms with Crippen molar-refractivity contribution in [2.75, 3.05) is 0 Å². The number of hydrogen-bond acceptors (Lipinski definition) is 0. The van der Waals surface area contributed by atoms with Crippen molar-refractivity contribution in [3.05, 3.63) is 48.6 Å². The van der Waals surface area contributed by atoms with Gasteiger partial charge in [0, 0.05) is 0 Å². The Bertz CT molecular complexity index is 578. The molecular weight excluding hydrogens is 553 g/mol. The van der Waals surface area contributed by atoms with Gasteiger partial charge < -0.3 is 24.8 Å². The van der Waals surface area contributed by atoms with Crippen LogP contribution in [0.1, 0.15) is 19.3 Å². The van der Waals surface area contributed by atoms with Gasteiger partial charge in [0.25, 0.3) is 0 Å². The van der Waals surface area contributed by atoms with Crippen LogP contribution in [0.4, 0.5) is 0 Å². The van der Waals surface area contributed by atoms with E-state index in [1.807, 2.05) is 0 Å². The molecule has 0 aliphatic heterocycles. The summed E-state index contributed by atoms with van der Waals surface area (Å²) < 4.78 is 2.11. The number of allylic oxidation sites excluding steroid dienone is 8. The van der Waals surface area contributed by atoms with Gasteiger partial charge in [-0.25, -0.2) is 0 Å². The van der Waals surface area contributed by atoms with E-state index in [1.165, 1.54) is 19.3 Å². The fraction of sp³-hybridized carbons (Fsp3) is 0.600. The van der Waals surface area contributed by atoms with Crippen molar-refractivity contribution in [1.82, 2.24) is 0 Å². The molecule has 0 radical (unpaired) electrons. The molecule has 2 saturated carbocycles. The van der Waals surface area contributed by atoms with Gasteiger partial charge in [0.15, 0.2) is 0 Å². The Hall–Kier alpha value is 0.917. The van der Waals surface area contributed by atoms with E-state index in [1.54, 1.807) is 0 Å². The third-order valence-electron chi connectivity index (χ3n) is 6.46. The average molecular weight is 580 g/mol. The number of fused-ring (bicyclic) bond motifs is 2. The van der Waals surface area contributed by atoms with Crippen molar-refractivity contribution < 1.29 is 47.7 Å². The maximum Gasteiger partial charge on any atom is -1.00 e. The Morgan fingerprint density at radius 3 is 2.08 bits per heavy atom. The van der Waals surface area contributed by atoms with Crippen LogP contribution in [-0.2, 0) is 22.9 Å². The summed E-state index contributed by atoms with van der Waals surface area (Å²) in [4.78, 5) is 0. The molecule has 4 rings (SSSR count). The number of hydrogen-bond donors (Lipinski definition) is 0. The number of rotatable bonds is 3. The molecular formula is C20H27Cl3HfSi. The topological polar surface area (TPSA) is 0 Å². The smallest absolute Gasteiger partial charge is 1.00 e. The van der Waals surface area contributed by atoms with E-state index in [0.717, 1.165) is 36.6 Å². The number of halogens is 3. The second kappa shape index (κ2) is 8.95. The zero-order valence-corrected chi connectivity index (χ0v) is 21.8. The van der Waals surface area contributed by atoms with E-state index in [2.05, 4.69) is 61.7 Å². The minimum Gasteiger partial charge on any atom is -1.00 e. The van der Waals surface area contributed by atoms with Gasteiger partial charge in [-0.3, -0.25) is 0 Å². The Morgan fingerprint density at radius 2 is 1.40 bits per heavy atom. The van der Waals surface area contributed by atoms with Gasteiger partial charge in [-0.05, 0) is 0 Å². The first-order valence-electron chi connectivity index (χ1n) is 9.19. The van der Waals surface area contributed by atoms with Crippen LogP contribution in [0.25, 0.3) is 0 Å². The van der Waals surface area contributed by atoms with E-state index >= 15 is 0 Å². The molecule has 0 aromatic heterocycles. The second-order valence-corrected chi connectivity index (χ2v) is 21.5. The summed E-state index contributed by atoms with van der Waals surface area (Å²) in [7, 11) is -1.61. The summed E-state index contributed by atoms with van der Waals surface area (Å²) >= 11 is 6.38. The van der Waals surface area contributed by atoms with Crippen LogP contribution < -0.4 is 24.8 Å². The van der Waals surface area contributed by atoms with Crippen LogP contribution in [0.5, 0.6) is 0 Å². The molecule has 0 aromatic carbocycles. The monoisotopic (exact) mass is 580 g/mol. The van der Waals surface area contributed by atoms with E-state index in [4.69, 9.17) is 11.1 Å². The van der Waals surface area contributed by atoms with Gasteiger partial charge in [-0.1, -0.05) is 0 Å². The Morgan fingerprint density at radius 1 is 0.800 bits per heavy atom. The molecule has 0 heterocycles. The predicted molar refractivity (Wildman–Crippen MR) is 99.0 cm³/mol. The summed E-state index contributed by atoms with van der Waals surface area (Å²) in [5, 5.41) is 0. The van der Waals surface area contributed by atoms with Gasteiger partial charge >= 0.3 is 159 Å². The molecule has 5 heteroatoms. The van der Waals surface area contributed by atoms with Crippen LogP contribution >= 0.6 is 11.1 Å². The van der Waals surface area contributed by atoms with Crippen molar-refractivity contribution in [2.24, 2.45) is 23.7 Å². The maximum atomic E-state index is 7.06. The van der Waals surface area contributed by atoms with Crippen LogP contribution in [0, 0.1) is 23.7 Å². The molecule has 0 nitrogen and oxygen atoms in total. The molecule has 0 aromatic rings. The van der Waals surface area contributed by atoms with E-state index in [0.29, 0.717) is 0 Å². The first kappa shape index (κ1) is 22.2. The Labute approximate surface area is 182 Å². The third-order valence-corrected chi connectivity index (χ3v) is 18.4. The van der Waals surface area contributed by atoms with Gasteiger partial charge in [0.2, 0.25) is 0 Å². The van der Waals surface area contributed by atoms with Gasteiger partial charge in [-0.2, -0.15) is 0 Å². The first-order valence-corrected chi connectivity index (χ1v) is 17.4.